The Bertz CT molecular complexity index is 1050. The molecule has 2 aromatic rings. The summed E-state index contributed by atoms with van der Waals surface area (Å²) in [5.41, 5.74) is -2.15. The molecule has 0 aromatic carbocycles. The molecule has 0 N–H and O–H groups in total. The fraction of sp³-hybridized carbons (Fsp3) is 0.500. The highest BCUT2D eigenvalue weighted by Gasteiger charge is 2.75. The molecule has 1 aliphatic carbocycles. The van der Waals surface area contributed by atoms with Crippen LogP contribution in [0.25, 0.3) is 0 Å². The van der Waals surface area contributed by atoms with Gasteiger partial charge in [-0.05, 0) is 50.1 Å². The van der Waals surface area contributed by atoms with Crippen molar-refractivity contribution in [1.82, 2.24) is 19.8 Å². The Kier molecular flexibility index (Phi) is 5.93. The Hall–Kier alpha value is -3.17. The predicted octanol–water partition coefficient (Wildman–Crippen LogP) is 1.82. The smallest absolute Gasteiger partial charge is 0.322 e. The van der Waals surface area contributed by atoms with Gasteiger partial charge in [0.25, 0.3) is 0 Å². The minimum atomic E-state index is -1.66. The molecule has 9 heteroatoms. The van der Waals surface area contributed by atoms with E-state index in [9.17, 15) is 14.4 Å². The lowest BCUT2D eigenvalue weighted by atomic mass is 9.54. The standard InChI is InChI=1S/C26H30N4O5/c1-29-15-25(23(32)34-2)20(18-8-4-6-12-27-18)30(14-17-10-11-17)21(19-9-5-7-13-28-19)26(16-29,22(25)31)24(33)35-3/h4-9,12-13,17,20-21H,10-11,14-16H2,1-3H3. The third kappa shape index (κ3) is 3.48. The number of esters is 2. The number of aromatic nitrogens is 2. The number of rotatable bonds is 6. The van der Waals surface area contributed by atoms with Crippen molar-refractivity contribution in [2.45, 2.75) is 24.9 Å². The molecule has 35 heavy (non-hydrogen) atoms. The summed E-state index contributed by atoms with van der Waals surface area (Å²) in [4.78, 5) is 55.3. The van der Waals surface area contributed by atoms with Gasteiger partial charge in [0, 0.05) is 32.0 Å². The zero-order chi connectivity index (χ0) is 24.8. The lowest BCUT2D eigenvalue weighted by Gasteiger charge is -2.61. The molecule has 3 fully saturated rings. The van der Waals surface area contributed by atoms with Crippen molar-refractivity contribution in [3.8, 4) is 0 Å². The molecule has 2 saturated heterocycles. The van der Waals surface area contributed by atoms with Crippen molar-refractivity contribution in [3.05, 3.63) is 60.2 Å². The lowest BCUT2D eigenvalue weighted by molar-refractivity contribution is -0.205. The number of Topliss-reactive ketones (excluding diaryl/α,β-unsaturated/α-hetero) is 1. The van der Waals surface area contributed by atoms with Crippen LogP contribution in [-0.4, -0.2) is 78.4 Å². The first kappa shape index (κ1) is 23.6. The number of methoxy groups -OCH3 is 2. The molecule has 0 spiro atoms. The van der Waals surface area contributed by atoms with Crippen LogP contribution in [0.4, 0.5) is 0 Å². The first-order chi connectivity index (χ1) is 16.9. The number of fused-ring (bicyclic) bond motifs is 2. The van der Waals surface area contributed by atoms with Crippen molar-refractivity contribution >= 4 is 17.7 Å². The van der Waals surface area contributed by atoms with Gasteiger partial charge in [-0.3, -0.25) is 29.3 Å². The molecular weight excluding hydrogens is 448 g/mol. The summed E-state index contributed by atoms with van der Waals surface area (Å²) in [6.07, 6.45) is 5.41. The molecule has 4 atom stereocenters. The van der Waals surface area contributed by atoms with Crippen molar-refractivity contribution in [2.24, 2.45) is 16.7 Å². The fourth-order valence-corrected chi connectivity index (χ4v) is 6.22. The van der Waals surface area contributed by atoms with Gasteiger partial charge in [-0.2, -0.15) is 0 Å². The van der Waals surface area contributed by atoms with Crippen LogP contribution in [0.3, 0.4) is 0 Å². The monoisotopic (exact) mass is 478 g/mol. The molecule has 4 unspecified atom stereocenters. The first-order valence-corrected chi connectivity index (χ1v) is 11.9. The van der Waals surface area contributed by atoms with Gasteiger partial charge in [-0.1, -0.05) is 12.1 Å². The second-order valence-corrected chi connectivity index (χ2v) is 9.88. The molecule has 2 aliphatic heterocycles. The van der Waals surface area contributed by atoms with Gasteiger partial charge in [-0.25, -0.2) is 0 Å². The Morgan fingerprint density at radius 1 is 0.914 bits per heavy atom. The van der Waals surface area contributed by atoms with Crippen molar-refractivity contribution < 1.29 is 23.9 Å². The number of likely N-dealkylation sites (tertiary alicyclic amines) is 2. The maximum atomic E-state index is 14.7. The van der Waals surface area contributed by atoms with Gasteiger partial charge >= 0.3 is 11.9 Å². The Morgan fingerprint density at radius 3 is 1.77 bits per heavy atom. The molecule has 0 amide bonds. The second-order valence-electron chi connectivity index (χ2n) is 9.88. The Labute approximate surface area is 204 Å². The maximum absolute atomic E-state index is 14.7. The lowest BCUT2D eigenvalue weighted by Crippen LogP contribution is -2.75. The molecule has 4 heterocycles. The number of hydrogen-bond donors (Lipinski definition) is 0. The molecule has 9 nitrogen and oxygen atoms in total. The molecule has 1 saturated carbocycles. The Morgan fingerprint density at radius 2 is 1.40 bits per heavy atom. The molecule has 3 aliphatic rings. The minimum absolute atomic E-state index is 0.106. The van der Waals surface area contributed by atoms with Crippen LogP contribution in [0.2, 0.25) is 0 Å². The predicted molar refractivity (Wildman–Crippen MR) is 125 cm³/mol. The van der Waals surface area contributed by atoms with E-state index >= 15 is 0 Å². The van der Waals surface area contributed by atoms with E-state index in [0.717, 1.165) is 12.8 Å². The van der Waals surface area contributed by atoms with Crippen LogP contribution in [-0.2, 0) is 23.9 Å². The van der Waals surface area contributed by atoms with E-state index in [-0.39, 0.29) is 13.1 Å². The number of hydrogen-bond acceptors (Lipinski definition) is 9. The van der Waals surface area contributed by atoms with Crippen molar-refractivity contribution in [2.75, 3.05) is 40.9 Å². The average Bonchev–Trinajstić information content (AvgIpc) is 3.70. The average molecular weight is 479 g/mol. The van der Waals surface area contributed by atoms with Crippen LogP contribution in [0, 0.1) is 16.7 Å². The zero-order valence-corrected chi connectivity index (χ0v) is 20.2. The molecule has 5 rings (SSSR count). The van der Waals surface area contributed by atoms with Gasteiger partial charge in [0.2, 0.25) is 0 Å². The molecule has 184 valence electrons. The van der Waals surface area contributed by atoms with Gasteiger partial charge in [0.05, 0.1) is 37.7 Å². The van der Waals surface area contributed by atoms with Crippen LogP contribution in [0.15, 0.2) is 48.8 Å². The van der Waals surface area contributed by atoms with E-state index in [1.54, 1.807) is 24.5 Å². The third-order valence-corrected chi connectivity index (χ3v) is 7.65. The summed E-state index contributed by atoms with van der Waals surface area (Å²) in [5, 5.41) is 0. The molecule has 2 aromatic heterocycles. The summed E-state index contributed by atoms with van der Waals surface area (Å²) in [6, 6.07) is 9.47. The van der Waals surface area contributed by atoms with Crippen molar-refractivity contribution in [1.29, 1.82) is 0 Å². The van der Waals surface area contributed by atoms with Crippen LogP contribution >= 0.6 is 0 Å². The quantitative estimate of drug-likeness (QED) is 0.454. The van der Waals surface area contributed by atoms with Gasteiger partial charge < -0.3 is 14.4 Å². The molecular formula is C26H30N4O5. The minimum Gasteiger partial charge on any atom is -0.468 e. The van der Waals surface area contributed by atoms with Crippen LogP contribution < -0.4 is 0 Å². The summed E-state index contributed by atoms with van der Waals surface area (Å²) in [7, 11) is 4.37. The van der Waals surface area contributed by atoms with E-state index in [1.807, 2.05) is 36.2 Å². The van der Waals surface area contributed by atoms with Gasteiger partial charge in [0.15, 0.2) is 16.6 Å². The van der Waals surface area contributed by atoms with E-state index < -0.39 is 40.6 Å². The largest absolute Gasteiger partial charge is 0.468 e. The normalized spacial score (nSPS) is 31.1. The highest BCUT2D eigenvalue weighted by Crippen LogP contribution is 2.61. The highest BCUT2D eigenvalue weighted by atomic mass is 16.5. The van der Waals surface area contributed by atoms with Crippen molar-refractivity contribution in [3.63, 3.8) is 0 Å². The topological polar surface area (TPSA) is 102 Å². The van der Waals surface area contributed by atoms with Crippen LogP contribution in [0.1, 0.15) is 36.3 Å². The third-order valence-electron chi connectivity index (χ3n) is 7.65. The molecule has 2 bridgehead atoms. The summed E-state index contributed by atoms with van der Waals surface area (Å²) in [5.74, 6) is -1.43. The summed E-state index contributed by atoms with van der Waals surface area (Å²) in [6.45, 7) is 0.806. The Balaban J connectivity index is 1.85. The fourth-order valence-electron chi connectivity index (χ4n) is 6.22. The number of carbonyl (C=O) groups excluding carboxylic acids is 3. The van der Waals surface area contributed by atoms with E-state index in [2.05, 4.69) is 14.9 Å². The number of carbonyl (C=O) groups is 3. The maximum Gasteiger partial charge on any atom is 0.322 e. The SMILES string of the molecule is COC(=O)C12CN(C)CC(C(=O)OC)(C1=O)C(c1ccccn1)N(CC1CC1)C2c1ccccn1. The van der Waals surface area contributed by atoms with E-state index in [1.165, 1.54) is 14.2 Å². The van der Waals surface area contributed by atoms with Crippen LogP contribution in [0.5, 0.6) is 0 Å². The molecule has 0 radical (unpaired) electrons. The summed E-state index contributed by atoms with van der Waals surface area (Å²) < 4.78 is 10.6. The number of pyridine rings is 2. The van der Waals surface area contributed by atoms with E-state index in [4.69, 9.17) is 9.47 Å². The van der Waals surface area contributed by atoms with E-state index in [0.29, 0.717) is 23.9 Å². The number of ether oxygens (including phenoxy) is 2. The van der Waals surface area contributed by atoms with Gasteiger partial charge in [0.1, 0.15) is 0 Å². The first-order valence-electron chi connectivity index (χ1n) is 11.9. The zero-order valence-electron chi connectivity index (χ0n) is 20.2. The van der Waals surface area contributed by atoms with Gasteiger partial charge in [-0.15, -0.1) is 0 Å². The highest BCUT2D eigenvalue weighted by molar-refractivity contribution is 6.17. The number of nitrogens with zero attached hydrogens (tertiary/aromatic N) is 4. The number of ketones is 1. The number of piperidine rings is 2. The second kappa shape index (κ2) is 8.80. The summed E-state index contributed by atoms with van der Waals surface area (Å²) >= 11 is 0.